The molecule has 1 N–H and O–H groups in total. The lowest BCUT2D eigenvalue weighted by Gasteiger charge is -2.17. The largest absolute Gasteiger partial charge is 0.310 e. The van der Waals surface area contributed by atoms with Crippen molar-refractivity contribution >= 4 is 34.8 Å². The van der Waals surface area contributed by atoms with Crippen LogP contribution in [0.4, 0.5) is 0 Å². The van der Waals surface area contributed by atoms with Gasteiger partial charge in [-0.1, -0.05) is 40.9 Å². The number of nitrogens with one attached hydrogen (secondary N) is 1. The molecule has 1 unspecified atom stereocenters. The van der Waals surface area contributed by atoms with E-state index in [1.165, 1.54) is 0 Å². The third-order valence-electron chi connectivity index (χ3n) is 2.76. The van der Waals surface area contributed by atoms with Gasteiger partial charge in [-0.2, -0.15) is 0 Å². The molecule has 2 nitrogen and oxygen atoms in total. The zero-order chi connectivity index (χ0) is 13.7. The van der Waals surface area contributed by atoms with E-state index in [0.29, 0.717) is 15.1 Å². The highest BCUT2D eigenvalue weighted by Crippen LogP contribution is 2.35. The van der Waals surface area contributed by atoms with E-state index in [2.05, 4.69) is 31.2 Å². The molecule has 0 aromatic heterocycles. The topological polar surface area (TPSA) is 15.3 Å². The lowest BCUT2D eigenvalue weighted by atomic mass is 10.1. The van der Waals surface area contributed by atoms with Crippen LogP contribution in [0.1, 0.15) is 24.9 Å². The second-order valence-electron chi connectivity index (χ2n) is 4.60. The summed E-state index contributed by atoms with van der Waals surface area (Å²) in [5, 5.41) is 4.89. The number of rotatable bonds is 6. The first-order chi connectivity index (χ1) is 8.43. The Hall–Kier alpha value is 0.01000. The van der Waals surface area contributed by atoms with Gasteiger partial charge in [-0.25, -0.2) is 0 Å². The smallest absolute Gasteiger partial charge is 0.0781 e. The first-order valence-electron chi connectivity index (χ1n) is 5.95. The Balaban J connectivity index is 2.57. The van der Waals surface area contributed by atoms with E-state index in [0.717, 1.165) is 25.1 Å². The van der Waals surface area contributed by atoms with Crippen LogP contribution in [0, 0.1) is 0 Å². The maximum absolute atomic E-state index is 6.19. The quantitative estimate of drug-likeness (QED) is 0.624. The van der Waals surface area contributed by atoms with Crippen molar-refractivity contribution in [1.82, 2.24) is 10.2 Å². The predicted molar refractivity (Wildman–Crippen MR) is 81.1 cm³/mol. The van der Waals surface area contributed by atoms with Gasteiger partial charge >= 0.3 is 0 Å². The van der Waals surface area contributed by atoms with Gasteiger partial charge in [0.1, 0.15) is 0 Å². The molecule has 1 rings (SSSR count). The lowest BCUT2D eigenvalue weighted by molar-refractivity contribution is 0.389. The minimum atomic E-state index is 0.162. The van der Waals surface area contributed by atoms with Crippen LogP contribution in [-0.4, -0.2) is 32.1 Å². The van der Waals surface area contributed by atoms with Crippen LogP contribution >= 0.6 is 34.8 Å². The van der Waals surface area contributed by atoms with E-state index in [4.69, 9.17) is 34.8 Å². The summed E-state index contributed by atoms with van der Waals surface area (Å²) in [7, 11) is 4.14. The van der Waals surface area contributed by atoms with Crippen LogP contribution < -0.4 is 5.32 Å². The Morgan fingerprint density at radius 2 is 1.83 bits per heavy atom. The summed E-state index contributed by atoms with van der Waals surface area (Å²) in [5.74, 6) is 0. The summed E-state index contributed by atoms with van der Waals surface area (Å²) in [6.07, 6.45) is 1.09. The van der Waals surface area contributed by atoms with E-state index < -0.39 is 0 Å². The first-order valence-corrected chi connectivity index (χ1v) is 7.08. The van der Waals surface area contributed by atoms with E-state index in [-0.39, 0.29) is 6.04 Å². The zero-order valence-corrected chi connectivity index (χ0v) is 13.2. The van der Waals surface area contributed by atoms with Crippen molar-refractivity contribution in [2.45, 2.75) is 19.4 Å². The second kappa shape index (κ2) is 7.56. The van der Waals surface area contributed by atoms with Crippen LogP contribution in [-0.2, 0) is 0 Å². The van der Waals surface area contributed by atoms with Gasteiger partial charge in [0, 0.05) is 6.04 Å². The molecule has 1 atom stereocenters. The van der Waals surface area contributed by atoms with Crippen molar-refractivity contribution < 1.29 is 0 Å². The molecule has 102 valence electrons. The fraction of sp³-hybridized carbons (Fsp3) is 0.538. The van der Waals surface area contributed by atoms with E-state index in [1.54, 1.807) is 6.07 Å². The molecule has 0 aliphatic heterocycles. The molecule has 0 aliphatic rings. The normalized spacial score (nSPS) is 13.1. The Bertz CT molecular complexity index is 394. The highest BCUT2D eigenvalue weighted by atomic mass is 35.5. The summed E-state index contributed by atoms with van der Waals surface area (Å²) in [5.41, 5.74) is 0.982. The van der Waals surface area contributed by atoms with Crippen LogP contribution in [0.5, 0.6) is 0 Å². The predicted octanol–water partition coefficient (Wildman–Crippen LogP) is 4.25. The van der Waals surface area contributed by atoms with Crippen LogP contribution in [0.2, 0.25) is 15.1 Å². The standard InChI is InChI=1S/C13H19Cl3N2/c1-9(17-7-4-8-18(2)3)10-5-6-11(14)13(16)12(10)15/h5-6,9,17H,4,7-8H2,1-3H3. The number of nitrogens with zero attached hydrogens (tertiary/aromatic N) is 1. The monoisotopic (exact) mass is 308 g/mol. The van der Waals surface area contributed by atoms with Crippen LogP contribution in [0.15, 0.2) is 12.1 Å². The molecule has 0 spiro atoms. The van der Waals surface area contributed by atoms with E-state index >= 15 is 0 Å². The van der Waals surface area contributed by atoms with Gasteiger partial charge in [0.2, 0.25) is 0 Å². The molecule has 0 bridgehead atoms. The molecule has 0 heterocycles. The van der Waals surface area contributed by atoms with Gasteiger partial charge < -0.3 is 10.2 Å². The SMILES string of the molecule is CC(NCCCN(C)C)c1ccc(Cl)c(Cl)c1Cl. The van der Waals surface area contributed by atoms with E-state index in [1.807, 2.05) is 6.07 Å². The van der Waals surface area contributed by atoms with Gasteiger partial charge in [-0.05, 0) is 52.2 Å². The minimum absolute atomic E-state index is 0.162. The third kappa shape index (κ3) is 4.60. The number of hydrogen-bond donors (Lipinski definition) is 1. The van der Waals surface area contributed by atoms with Gasteiger partial charge in [0.15, 0.2) is 0 Å². The summed E-state index contributed by atoms with van der Waals surface area (Å²) in [6, 6.07) is 3.86. The van der Waals surface area contributed by atoms with Crippen molar-refractivity contribution in [3.8, 4) is 0 Å². The third-order valence-corrected chi connectivity index (χ3v) is 4.07. The van der Waals surface area contributed by atoms with Crippen molar-refractivity contribution in [3.63, 3.8) is 0 Å². The maximum Gasteiger partial charge on any atom is 0.0781 e. The lowest BCUT2D eigenvalue weighted by Crippen LogP contribution is -2.24. The minimum Gasteiger partial charge on any atom is -0.310 e. The van der Waals surface area contributed by atoms with Gasteiger partial charge in [0.25, 0.3) is 0 Å². The molecule has 0 fully saturated rings. The molecule has 1 aromatic rings. The fourth-order valence-electron chi connectivity index (χ4n) is 1.70. The Morgan fingerprint density at radius 1 is 1.17 bits per heavy atom. The molecule has 0 amide bonds. The van der Waals surface area contributed by atoms with Crippen LogP contribution in [0.25, 0.3) is 0 Å². The molecule has 18 heavy (non-hydrogen) atoms. The molecule has 0 saturated carbocycles. The maximum atomic E-state index is 6.19. The summed E-state index contributed by atoms with van der Waals surface area (Å²) < 4.78 is 0. The molecular formula is C13H19Cl3N2. The molecular weight excluding hydrogens is 291 g/mol. The Morgan fingerprint density at radius 3 is 2.44 bits per heavy atom. The number of hydrogen-bond acceptors (Lipinski definition) is 2. The van der Waals surface area contributed by atoms with E-state index in [9.17, 15) is 0 Å². The van der Waals surface area contributed by atoms with Crippen LogP contribution in [0.3, 0.4) is 0 Å². The number of halogens is 3. The zero-order valence-electron chi connectivity index (χ0n) is 10.9. The van der Waals surface area contributed by atoms with Crippen molar-refractivity contribution in [3.05, 3.63) is 32.8 Å². The highest BCUT2D eigenvalue weighted by Gasteiger charge is 2.13. The summed E-state index contributed by atoms with van der Waals surface area (Å²) >= 11 is 18.1. The second-order valence-corrected chi connectivity index (χ2v) is 5.76. The molecule has 1 aromatic carbocycles. The summed E-state index contributed by atoms with van der Waals surface area (Å²) in [6.45, 7) is 4.08. The van der Waals surface area contributed by atoms with Gasteiger partial charge in [-0.3, -0.25) is 0 Å². The average molecular weight is 310 g/mol. The van der Waals surface area contributed by atoms with Crippen molar-refractivity contribution in [1.29, 1.82) is 0 Å². The fourth-order valence-corrected chi connectivity index (χ4v) is 2.41. The molecule has 0 radical (unpaired) electrons. The molecule has 0 saturated heterocycles. The molecule has 0 aliphatic carbocycles. The highest BCUT2D eigenvalue weighted by molar-refractivity contribution is 6.48. The Kier molecular flexibility index (Phi) is 6.75. The Labute approximate surface area is 124 Å². The van der Waals surface area contributed by atoms with Crippen molar-refractivity contribution in [2.24, 2.45) is 0 Å². The number of benzene rings is 1. The van der Waals surface area contributed by atoms with Gasteiger partial charge in [-0.15, -0.1) is 0 Å². The molecule has 5 heteroatoms. The first kappa shape index (κ1) is 16.1. The van der Waals surface area contributed by atoms with Gasteiger partial charge in [0.05, 0.1) is 15.1 Å². The van der Waals surface area contributed by atoms with Crippen molar-refractivity contribution in [2.75, 3.05) is 27.2 Å². The average Bonchev–Trinajstić information content (AvgIpc) is 2.31. The summed E-state index contributed by atoms with van der Waals surface area (Å²) in [4.78, 5) is 2.17.